The van der Waals surface area contributed by atoms with Crippen molar-refractivity contribution in [3.05, 3.63) is 12.7 Å². The van der Waals surface area contributed by atoms with Gasteiger partial charge in [-0.1, -0.05) is 73.8 Å². The van der Waals surface area contributed by atoms with Gasteiger partial charge in [0, 0.05) is 20.1 Å². The van der Waals surface area contributed by atoms with Crippen LogP contribution in [0.4, 0.5) is 4.79 Å². The molecule has 6 amide bonds. The molecule has 0 bridgehead atoms. The Morgan fingerprint density at radius 3 is 2.16 bits per heavy atom. The Balaban J connectivity index is 1.82. The lowest BCUT2D eigenvalue weighted by Gasteiger charge is -2.38. The average molecular weight is 617 g/mol. The summed E-state index contributed by atoms with van der Waals surface area (Å²) in [5, 5.41) is 8.31. The number of piperidine rings is 1. The minimum Gasteiger partial charge on any atom is -0.363 e. The molecule has 2 aliphatic carbocycles. The second-order valence-corrected chi connectivity index (χ2v) is 14.9. The molecule has 3 aliphatic rings. The van der Waals surface area contributed by atoms with E-state index in [1.165, 1.54) is 9.80 Å². The summed E-state index contributed by atoms with van der Waals surface area (Å²) in [4.78, 5) is 81.8. The molecule has 6 atom stereocenters. The van der Waals surface area contributed by atoms with Gasteiger partial charge in [0.2, 0.25) is 23.5 Å². The minimum atomic E-state index is -1.10. The number of carbonyl (C=O) groups excluding carboxylic acids is 6. The van der Waals surface area contributed by atoms with Crippen LogP contribution in [0.2, 0.25) is 0 Å². The van der Waals surface area contributed by atoms with Gasteiger partial charge in [0.05, 0.1) is 6.04 Å². The summed E-state index contributed by atoms with van der Waals surface area (Å²) in [6.45, 7) is 17.5. The van der Waals surface area contributed by atoms with E-state index >= 15 is 0 Å². The number of primary amides is 1. The Labute approximate surface area is 261 Å². The standard InChI is InChI=1S/C32H52N6O6/c1-10-14-37(9)28(42)22(17(2)3)35-30(44)36-25(31(4,5)6)29(43)38-16-19-21(32(19,7)8)23(38)27(41)34-20(24(39)26(33)40)15-18-12-11-13-18/h10,17-23,25H,1,11-16H2,2-9H3,(H2,33,40)(H,34,41)(H2,35,36,44)/t19-,20?,21-,22-,23-,25+/m0/s1. The first kappa shape index (κ1) is 35.0. The van der Waals surface area contributed by atoms with Crippen LogP contribution in [0.25, 0.3) is 0 Å². The number of rotatable bonds is 13. The fraction of sp³-hybridized carbons (Fsp3) is 0.750. The quantitative estimate of drug-likeness (QED) is 0.181. The number of hydrogen-bond donors (Lipinski definition) is 4. The summed E-state index contributed by atoms with van der Waals surface area (Å²) in [5.74, 6) is -3.22. The molecule has 0 aromatic carbocycles. The molecule has 1 unspecified atom stereocenters. The van der Waals surface area contributed by atoms with Crippen LogP contribution < -0.4 is 21.7 Å². The lowest BCUT2D eigenvalue weighted by Crippen LogP contribution is -2.62. The van der Waals surface area contributed by atoms with Crippen molar-refractivity contribution in [2.45, 2.75) is 98.3 Å². The van der Waals surface area contributed by atoms with Crippen molar-refractivity contribution in [2.75, 3.05) is 20.1 Å². The third-order valence-corrected chi connectivity index (χ3v) is 9.82. The molecular weight excluding hydrogens is 564 g/mol. The van der Waals surface area contributed by atoms with Gasteiger partial charge in [0.1, 0.15) is 18.1 Å². The lowest BCUT2D eigenvalue weighted by molar-refractivity contribution is -0.145. The molecule has 1 saturated heterocycles. The number of fused-ring (bicyclic) bond motifs is 1. The molecule has 3 fully saturated rings. The zero-order valence-electron chi connectivity index (χ0n) is 27.6. The van der Waals surface area contributed by atoms with Crippen molar-refractivity contribution in [1.82, 2.24) is 25.8 Å². The summed E-state index contributed by atoms with van der Waals surface area (Å²) in [5.41, 5.74) is 4.37. The molecule has 0 spiro atoms. The monoisotopic (exact) mass is 616 g/mol. The largest absolute Gasteiger partial charge is 0.363 e. The Morgan fingerprint density at radius 2 is 1.68 bits per heavy atom. The number of ketones is 1. The van der Waals surface area contributed by atoms with E-state index in [-0.39, 0.29) is 35.0 Å². The number of Topliss-reactive ketones (excluding diaryl/α,β-unsaturated/α-hetero) is 1. The molecule has 44 heavy (non-hydrogen) atoms. The second-order valence-electron chi connectivity index (χ2n) is 14.9. The molecule has 3 rings (SSSR count). The minimum absolute atomic E-state index is 0.0666. The van der Waals surface area contributed by atoms with E-state index in [1.807, 2.05) is 48.5 Å². The van der Waals surface area contributed by atoms with E-state index in [2.05, 4.69) is 22.5 Å². The first-order valence-electron chi connectivity index (χ1n) is 15.7. The van der Waals surface area contributed by atoms with Gasteiger partial charge in [-0.05, 0) is 40.9 Å². The number of carbonyl (C=O) groups is 6. The maximum atomic E-state index is 14.2. The molecule has 0 radical (unpaired) electrons. The van der Waals surface area contributed by atoms with Gasteiger partial charge >= 0.3 is 6.03 Å². The third kappa shape index (κ3) is 7.43. The predicted octanol–water partition coefficient (Wildman–Crippen LogP) is 1.58. The van der Waals surface area contributed by atoms with Crippen LogP contribution in [0, 0.1) is 34.5 Å². The number of hydrogen-bond acceptors (Lipinski definition) is 6. The first-order valence-corrected chi connectivity index (χ1v) is 15.7. The summed E-state index contributed by atoms with van der Waals surface area (Å²) in [6.07, 6.45) is 4.79. The predicted molar refractivity (Wildman–Crippen MR) is 166 cm³/mol. The zero-order chi connectivity index (χ0) is 33.3. The van der Waals surface area contributed by atoms with Crippen molar-refractivity contribution in [3.8, 4) is 0 Å². The number of amides is 6. The van der Waals surface area contributed by atoms with E-state index in [0.29, 0.717) is 19.5 Å². The SMILES string of the molecule is C=CCN(C)C(=O)[C@@H](NC(=O)N[C@H](C(=O)N1C[C@H]2[C@@H]([C@H]1C(=O)NC(CC1CCC1)C(=O)C(N)=O)C2(C)C)C(C)(C)C)C(C)C. The van der Waals surface area contributed by atoms with Crippen molar-refractivity contribution in [1.29, 1.82) is 0 Å². The molecule has 0 aromatic heterocycles. The van der Waals surface area contributed by atoms with E-state index in [0.717, 1.165) is 19.3 Å². The first-order chi connectivity index (χ1) is 20.3. The second kappa shape index (κ2) is 13.3. The molecule has 1 aliphatic heterocycles. The average Bonchev–Trinajstić information content (AvgIpc) is 3.21. The van der Waals surface area contributed by atoms with Crippen molar-refractivity contribution in [2.24, 2.45) is 40.2 Å². The van der Waals surface area contributed by atoms with Crippen LogP contribution in [-0.2, 0) is 24.0 Å². The molecule has 246 valence electrons. The fourth-order valence-corrected chi connectivity index (χ4v) is 6.70. The fourth-order valence-electron chi connectivity index (χ4n) is 6.70. The van der Waals surface area contributed by atoms with Gasteiger partial charge in [-0.15, -0.1) is 6.58 Å². The lowest BCUT2D eigenvalue weighted by atomic mass is 9.80. The maximum Gasteiger partial charge on any atom is 0.316 e. The summed E-state index contributed by atoms with van der Waals surface area (Å²) < 4.78 is 0. The molecule has 12 nitrogen and oxygen atoms in total. The van der Waals surface area contributed by atoms with Gasteiger partial charge in [-0.2, -0.15) is 0 Å². The van der Waals surface area contributed by atoms with Crippen LogP contribution in [0.1, 0.15) is 74.1 Å². The number of nitrogens with zero attached hydrogens (tertiary/aromatic N) is 2. The van der Waals surface area contributed by atoms with Crippen LogP contribution in [0.3, 0.4) is 0 Å². The highest BCUT2D eigenvalue weighted by atomic mass is 16.2. The van der Waals surface area contributed by atoms with E-state index in [4.69, 9.17) is 5.73 Å². The van der Waals surface area contributed by atoms with Crippen molar-refractivity contribution < 1.29 is 28.8 Å². The van der Waals surface area contributed by atoms with Gasteiger partial charge in [0.25, 0.3) is 5.91 Å². The van der Waals surface area contributed by atoms with E-state index < -0.39 is 59.1 Å². The number of likely N-dealkylation sites (N-methyl/N-ethyl adjacent to an activating group) is 1. The Bertz CT molecular complexity index is 1170. The van der Waals surface area contributed by atoms with Crippen LogP contribution in [0.15, 0.2) is 12.7 Å². The summed E-state index contributed by atoms with van der Waals surface area (Å²) in [6, 6.07) is -4.44. The van der Waals surface area contributed by atoms with Crippen molar-refractivity contribution >= 4 is 35.4 Å². The number of likely N-dealkylation sites (tertiary alicyclic amines) is 1. The maximum absolute atomic E-state index is 14.2. The van der Waals surface area contributed by atoms with Crippen LogP contribution in [0.5, 0.6) is 0 Å². The van der Waals surface area contributed by atoms with Crippen LogP contribution >= 0.6 is 0 Å². The zero-order valence-corrected chi connectivity index (χ0v) is 27.6. The van der Waals surface area contributed by atoms with Gasteiger partial charge in [0.15, 0.2) is 0 Å². The smallest absolute Gasteiger partial charge is 0.316 e. The van der Waals surface area contributed by atoms with Gasteiger partial charge < -0.3 is 31.5 Å². The Kier molecular flexibility index (Phi) is 10.6. The molecule has 5 N–H and O–H groups in total. The number of nitrogens with two attached hydrogens (primary N) is 1. The summed E-state index contributed by atoms with van der Waals surface area (Å²) >= 11 is 0. The van der Waals surface area contributed by atoms with E-state index in [9.17, 15) is 28.8 Å². The molecule has 12 heteroatoms. The van der Waals surface area contributed by atoms with Gasteiger partial charge in [-0.25, -0.2) is 4.79 Å². The number of nitrogens with one attached hydrogen (secondary N) is 3. The topological polar surface area (TPSA) is 171 Å². The molecular formula is C32H52N6O6. The Morgan fingerprint density at radius 1 is 1.07 bits per heavy atom. The molecule has 2 saturated carbocycles. The van der Waals surface area contributed by atoms with E-state index in [1.54, 1.807) is 13.1 Å². The van der Waals surface area contributed by atoms with Crippen LogP contribution in [-0.4, -0.2) is 89.5 Å². The molecule has 0 aromatic rings. The summed E-state index contributed by atoms with van der Waals surface area (Å²) in [7, 11) is 1.62. The number of urea groups is 1. The van der Waals surface area contributed by atoms with Gasteiger partial charge in [-0.3, -0.25) is 24.0 Å². The highest BCUT2D eigenvalue weighted by Gasteiger charge is 2.70. The third-order valence-electron chi connectivity index (χ3n) is 9.82. The Hall–Kier alpha value is -3.44. The normalized spacial score (nSPS) is 24.2. The van der Waals surface area contributed by atoms with Crippen molar-refractivity contribution in [3.63, 3.8) is 0 Å². The molecule has 1 heterocycles. The highest BCUT2D eigenvalue weighted by molar-refractivity contribution is 6.37. The highest BCUT2D eigenvalue weighted by Crippen LogP contribution is 2.65.